The molecule has 0 heterocycles. The van der Waals surface area contributed by atoms with Gasteiger partial charge in [0.2, 0.25) is 17.7 Å². The van der Waals surface area contributed by atoms with E-state index < -0.39 is 66.2 Å². The Morgan fingerprint density at radius 3 is 1.96 bits per heavy atom. The lowest BCUT2D eigenvalue weighted by molar-refractivity contribution is -0.148. The molecule has 13 heteroatoms. The molecule has 0 aromatic heterocycles. The Morgan fingerprint density at radius 1 is 0.766 bits per heavy atom. The standard InChI is InChI=1S/C34H42N4O9/c1-5-7-19-47-34(45)27(21-29(40)22-13-8-10-15-24(22)35-3)38-33(44)26(37-30(41)12-6-2)20-28(39)23-14-9-11-16-25(23)36-31(42)17-18-32(43)46-4/h8-11,13-18,26-27,35H,5-7,12,19-21H2,1-4H3,(H,36,42)(H,37,41)(H,38,44)/b18-17-. The van der Waals surface area contributed by atoms with Crippen molar-refractivity contribution in [1.82, 2.24) is 10.6 Å². The first kappa shape index (κ1) is 37.9. The van der Waals surface area contributed by atoms with Gasteiger partial charge >= 0.3 is 11.9 Å². The van der Waals surface area contributed by atoms with Crippen LogP contribution in [0.3, 0.4) is 0 Å². The number of amides is 3. The highest BCUT2D eigenvalue weighted by molar-refractivity contribution is 6.10. The fourth-order valence-corrected chi connectivity index (χ4v) is 4.34. The van der Waals surface area contributed by atoms with Crippen molar-refractivity contribution >= 4 is 52.6 Å². The minimum absolute atomic E-state index is 0.0317. The summed E-state index contributed by atoms with van der Waals surface area (Å²) >= 11 is 0. The average molecular weight is 651 g/mol. The third-order valence-corrected chi connectivity index (χ3v) is 6.81. The van der Waals surface area contributed by atoms with Crippen LogP contribution in [0.2, 0.25) is 0 Å². The quantitative estimate of drug-likeness (QED) is 0.0760. The summed E-state index contributed by atoms with van der Waals surface area (Å²) < 4.78 is 9.80. The summed E-state index contributed by atoms with van der Waals surface area (Å²) in [7, 11) is 2.80. The maximum atomic E-state index is 13.6. The molecule has 0 bridgehead atoms. The van der Waals surface area contributed by atoms with E-state index in [0.29, 0.717) is 24.1 Å². The Hall–Kier alpha value is -5.33. The van der Waals surface area contributed by atoms with Gasteiger partial charge in [-0.2, -0.15) is 0 Å². The lowest BCUT2D eigenvalue weighted by atomic mass is 9.99. The molecule has 0 spiro atoms. The molecule has 0 saturated carbocycles. The van der Waals surface area contributed by atoms with Crippen molar-refractivity contribution in [2.75, 3.05) is 31.4 Å². The summed E-state index contributed by atoms with van der Waals surface area (Å²) in [5.74, 6) is -4.73. The molecule has 2 rings (SSSR count). The molecule has 13 nitrogen and oxygen atoms in total. The Bertz CT molecular complexity index is 1470. The van der Waals surface area contributed by atoms with Gasteiger partial charge in [0.1, 0.15) is 12.1 Å². The first-order valence-electron chi connectivity index (χ1n) is 15.3. The number of esters is 2. The number of para-hydroxylation sites is 2. The zero-order chi connectivity index (χ0) is 34.8. The van der Waals surface area contributed by atoms with Crippen LogP contribution in [0.4, 0.5) is 11.4 Å². The molecule has 3 amide bonds. The predicted molar refractivity (Wildman–Crippen MR) is 175 cm³/mol. The molecule has 0 saturated heterocycles. The van der Waals surface area contributed by atoms with Gasteiger partial charge in [-0.1, -0.05) is 44.5 Å². The van der Waals surface area contributed by atoms with Crippen LogP contribution < -0.4 is 21.3 Å². The molecule has 0 fully saturated rings. The third kappa shape index (κ3) is 12.5. The summed E-state index contributed by atoms with van der Waals surface area (Å²) in [6.45, 7) is 3.76. The van der Waals surface area contributed by atoms with E-state index in [0.717, 1.165) is 25.7 Å². The van der Waals surface area contributed by atoms with Crippen molar-refractivity contribution in [2.24, 2.45) is 0 Å². The first-order chi connectivity index (χ1) is 22.5. The van der Waals surface area contributed by atoms with Gasteiger partial charge in [0.15, 0.2) is 11.6 Å². The van der Waals surface area contributed by atoms with Crippen LogP contribution in [-0.2, 0) is 33.4 Å². The lowest BCUT2D eigenvalue weighted by Gasteiger charge is -2.23. The van der Waals surface area contributed by atoms with Crippen molar-refractivity contribution in [3.63, 3.8) is 0 Å². The zero-order valence-corrected chi connectivity index (χ0v) is 27.1. The second-order valence-electron chi connectivity index (χ2n) is 10.4. The first-order valence-corrected chi connectivity index (χ1v) is 15.3. The smallest absolute Gasteiger partial charge is 0.330 e. The molecule has 2 aromatic carbocycles. The lowest BCUT2D eigenvalue weighted by Crippen LogP contribution is -2.53. The Kier molecular flexibility index (Phi) is 16.1. The molecule has 2 atom stereocenters. The maximum absolute atomic E-state index is 13.6. The van der Waals surface area contributed by atoms with E-state index in [1.54, 1.807) is 50.4 Å². The number of Topliss-reactive ketones (excluding diaryl/α,β-unsaturated/α-hetero) is 2. The summed E-state index contributed by atoms with van der Waals surface area (Å²) in [6.07, 6.45) is 2.72. The van der Waals surface area contributed by atoms with E-state index in [9.17, 15) is 33.6 Å². The van der Waals surface area contributed by atoms with Gasteiger partial charge in [0.25, 0.3) is 0 Å². The largest absolute Gasteiger partial charge is 0.466 e. The third-order valence-electron chi connectivity index (χ3n) is 6.81. The van der Waals surface area contributed by atoms with Crippen LogP contribution in [0.25, 0.3) is 0 Å². The van der Waals surface area contributed by atoms with Crippen LogP contribution >= 0.6 is 0 Å². The number of carbonyl (C=O) groups excluding carboxylic acids is 7. The minimum atomic E-state index is -1.44. The van der Waals surface area contributed by atoms with E-state index in [1.807, 2.05) is 6.92 Å². The van der Waals surface area contributed by atoms with Crippen molar-refractivity contribution in [2.45, 2.75) is 64.5 Å². The summed E-state index contributed by atoms with van der Waals surface area (Å²) in [5, 5.41) is 10.5. The Morgan fingerprint density at radius 2 is 1.36 bits per heavy atom. The summed E-state index contributed by atoms with van der Waals surface area (Å²) in [6, 6.07) is 9.85. The number of ether oxygens (including phenoxy) is 2. The molecule has 0 aliphatic heterocycles. The van der Waals surface area contributed by atoms with Crippen molar-refractivity contribution < 1.29 is 43.0 Å². The van der Waals surface area contributed by atoms with Gasteiger partial charge in [-0.3, -0.25) is 24.0 Å². The molecule has 0 aliphatic rings. The molecule has 252 valence electrons. The van der Waals surface area contributed by atoms with Crippen LogP contribution in [-0.4, -0.2) is 74.1 Å². The number of rotatable bonds is 19. The number of hydrogen-bond donors (Lipinski definition) is 4. The number of anilines is 2. The molecule has 2 aromatic rings. The SMILES string of the molecule is CCCCOC(=O)C(CC(=O)c1ccccc1NC)NC(=O)C(CC(=O)c1ccccc1NC(=O)/C=C\C(=O)OC)NC(=O)CCC. The van der Waals surface area contributed by atoms with Crippen molar-refractivity contribution in [3.8, 4) is 0 Å². The van der Waals surface area contributed by atoms with Crippen molar-refractivity contribution in [3.05, 3.63) is 71.8 Å². The molecular weight excluding hydrogens is 608 g/mol. The molecule has 47 heavy (non-hydrogen) atoms. The Labute approximate surface area is 273 Å². The molecule has 0 aliphatic carbocycles. The normalized spacial score (nSPS) is 11.9. The summed E-state index contributed by atoms with van der Waals surface area (Å²) in [5.41, 5.74) is 0.967. The Balaban J connectivity index is 2.35. The topological polar surface area (TPSA) is 186 Å². The fraction of sp³-hybridized carbons (Fsp3) is 0.382. The predicted octanol–water partition coefficient (Wildman–Crippen LogP) is 3.35. The number of hydrogen-bond acceptors (Lipinski definition) is 10. The van der Waals surface area contributed by atoms with Gasteiger partial charge in [-0.15, -0.1) is 0 Å². The van der Waals surface area contributed by atoms with Gasteiger partial charge < -0.3 is 30.7 Å². The highest BCUT2D eigenvalue weighted by Crippen LogP contribution is 2.20. The number of unbranched alkanes of at least 4 members (excludes halogenated alkanes) is 1. The number of benzene rings is 2. The second kappa shape index (κ2) is 19.9. The average Bonchev–Trinajstić information content (AvgIpc) is 3.06. The van der Waals surface area contributed by atoms with Crippen LogP contribution in [0.1, 0.15) is 73.1 Å². The fourth-order valence-electron chi connectivity index (χ4n) is 4.34. The monoisotopic (exact) mass is 650 g/mol. The molecule has 0 radical (unpaired) electrons. The maximum Gasteiger partial charge on any atom is 0.330 e. The minimum Gasteiger partial charge on any atom is -0.466 e. The highest BCUT2D eigenvalue weighted by Gasteiger charge is 2.32. The van der Waals surface area contributed by atoms with Crippen LogP contribution in [0.5, 0.6) is 0 Å². The number of methoxy groups -OCH3 is 1. The van der Waals surface area contributed by atoms with E-state index >= 15 is 0 Å². The zero-order valence-electron chi connectivity index (χ0n) is 27.1. The van der Waals surface area contributed by atoms with Crippen LogP contribution in [0, 0.1) is 0 Å². The molecule has 4 N–H and O–H groups in total. The van der Waals surface area contributed by atoms with Crippen molar-refractivity contribution in [1.29, 1.82) is 0 Å². The number of ketones is 2. The molecule has 2 unspecified atom stereocenters. The van der Waals surface area contributed by atoms with Crippen LogP contribution in [0.15, 0.2) is 60.7 Å². The van der Waals surface area contributed by atoms with Gasteiger partial charge in [0.05, 0.1) is 19.4 Å². The van der Waals surface area contributed by atoms with E-state index in [1.165, 1.54) is 12.1 Å². The van der Waals surface area contributed by atoms with E-state index in [-0.39, 0.29) is 24.3 Å². The van der Waals surface area contributed by atoms with Gasteiger partial charge in [-0.25, -0.2) is 9.59 Å². The number of carbonyl (C=O) groups is 7. The number of nitrogens with one attached hydrogen (secondary N) is 4. The second-order valence-corrected chi connectivity index (χ2v) is 10.4. The van der Waals surface area contributed by atoms with E-state index in [4.69, 9.17) is 4.74 Å². The summed E-state index contributed by atoms with van der Waals surface area (Å²) in [4.78, 5) is 89.8. The molecular formula is C34H42N4O9. The van der Waals surface area contributed by atoms with Gasteiger partial charge in [-0.05, 0) is 37.1 Å². The van der Waals surface area contributed by atoms with E-state index in [2.05, 4.69) is 26.0 Å². The van der Waals surface area contributed by atoms with Gasteiger partial charge in [0, 0.05) is 55.3 Å². The highest BCUT2D eigenvalue weighted by atomic mass is 16.5.